The van der Waals surface area contributed by atoms with Gasteiger partial charge in [-0.1, -0.05) is 18.2 Å². The van der Waals surface area contributed by atoms with Crippen LogP contribution in [0.15, 0.2) is 42.5 Å². The first-order valence-electron chi connectivity index (χ1n) is 8.45. The molecule has 1 aromatic heterocycles. The summed E-state index contributed by atoms with van der Waals surface area (Å²) in [5.74, 6) is 0.459. The summed E-state index contributed by atoms with van der Waals surface area (Å²) >= 11 is 0. The Kier molecular flexibility index (Phi) is 3.99. The largest absolute Gasteiger partial charge is 0.326 e. The lowest BCUT2D eigenvalue weighted by Crippen LogP contribution is -2.15. The van der Waals surface area contributed by atoms with Gasteiger partial charge in [0.25, 0.3) is 0 Å². The van der Waals surface area contributed by atoms with E-state index in [-0.39, 0.29) is 23.6 Å². The average molecular weight is 351 g/mol. The highest BCUT2D eigenvalue weighted by molar-refractivity contribution is 5.95. The van der Waals surface area contributed by atoms with Gasteiger partial charge in [0.2, 0.25) is 5.91 Å². The molecule has 2 atom stereocenters. The maximum Gasteiger partial charge on any atom is 0.228 e. The standard InChI is InChI=1S/C19H18FN5O/c1-11-3-8-15(9-18(11)25-12(2)22-23-24-25)21-19(26)17-10-16(17)13-4-6-14(20)7-5-13/h3-9,16-17H,10H2,1-2H3,(H,21,26). The van der Waals surface area contributed by atoms with E-state index in [2.05, 4.69) is 20.8 Å². The Bertz CT molecular complexity index is 966. The van der Waals surface area contributed by atoms with E-state index in [0.29, 0.717) is 11.5 Å². The zero-order valence-electron chi connectivity index (χ0n) is 14.5. The first-order valence-corrected chi connectivity index (χ1v) is 8.45. The fourth-order valence-electron chi connectivity index (χ4n) is 3.17. The highest BCUT2D eigenvalue weighted by Gasteiger charge is 2.43. The minimum Gasteiger partial charge on any atom is -0.326 e. The molecule has 2 aromatic carbocycles. The number of carbonyl (C=O) groups excluding carboxylic acids is 1. The average Bonchev–Trinajstić information content (AvgIpc) is 3.32. The summed E-state index contributed by atoms with van der Waals surface area (Å²) in [6, 6.07) is 12.0. The van der Waals surface area contributed by atoms with Crippen molar-refractivity contribution in [3.8, 4) is 5.69 Å². The van der Waals surface area contributed by atoms with Crippen LogP contribution in [0.2, 0.25) is 0 Å². The van der Waals surface area contributed by atoms with Crippen molar-refractivity contribution in [1.29, 1.82) is 0 Å². The van der Waals surface area contributed by atoms with E-state index in [1.807, 2.05) is 32.0 Å². The first kappa shape index (κ1) is 16.4. The number of halogens is 1. The third-order valence-corrected chi connectivity index (χ3v) is 4.76. The van der Waals surface area contributed by atoms with Crippen molar-refractivity contribution in [1.82, 2.24) is 20.2 Å². The molecule has 1 saturated carbocycles. The molecule has 3 aromatic rings. The van der Waals surface area contributed by atoms with E-state index in [9.17, 15) is 9.18 Å². The van der Waals surface area contributed by atoms with Gasteiger partial charge in [0.05, 0.1) is 5.69 Å². The molecule has 7 heteroatoms. The van der Waals surface area contributed by atoms with Gasteiger partial charge >= 0.3 is 0 Å². The van der Waals surface area contributed by atoms with Gasteiger partial charge < -0.3 is 5.32 Å². The number of benzene rings is 2. The van der Waals surface area contributed by atoms with Crippen molar-refractivity contribution >= 4 is 11.6 Å². The number of hydrogen-bond acceptors (Lipinski definition) is 4. The molecule has 0 saturated heterocycles. The number of nitrogens with zero attached hydrogens (tertiary/aromatic N) is 4. The fraction of sp³-hybridized carbons (Fsp3) is 0.263. The number of nitrogens with one attached hydrogen (secondary N) is 1. The second kappa shape index (κ2) is 6.33. The highest BCUT2D eigenvalue weighted by Crippen LogP contribution is 2.48. The molecule has 0 bridgehead atoms. The predicted octanol–water partition coefficient (Wildman–Crippen LogP) is 3.16. The van der Waals surface area contributed by atoms with Crippen molar-refractivity contribution in [2.45, 2.75) is 26.2 Å². The predicted molar refractivity (Wildman–Crippen MR) is 94.5 cm³/mol. The van der Waals surface area contributed by atoms with Gasteiger partial charge in [-0.15, -0.1) is 5.10 Å². The van der Waals surface area contributed by atoms with Gasteiger partial charge in [-0.25, -0.2) is 4.39 Å². The summed E-state index contributed by atoms with van der Waals surface area (Å²) in [5.41, 5.74) is 3.54. The van der Waals surface area contributed by atoms with E-state index in [4.69, 9.17) is 0 Å². The SMILES string of the molecule is Cc1ccc(NC(=O)C2CC2c2ccc(F)cc2)cc1-n1nnnc1C. The lowest BCUT2D eigenvalue weighted by Gasteiger charge is -2.10. The molecular weight excluding hydrogens is 333 g/mol. The molecule has 0 radical (unpaired) electrons. The zero-order chi connectivity index (χ0) is 18.3. The summed E-state index contributed by atoms with van der Waals surface area (Å²) < 4.78 is 14.7. The van der Waals surface area contributed by atoms with Gasteiger partial charge in [0.15, 0.2) is 5.82 Å². The fourth-order valence-corrected chi connectivity index (χ4v) is 3.17. The second-order valence-electron chi connectivity index (χ2n) is 6.63. The Balaban J connectivity index is 1.49. The van der Waals surface area contributed by atoms with Gasteiger partial charge in [0, 0.05) is 11.6 Å². The topological polar surface area (TPSA) is 72.7 Å². The molecule has 26 heavy (non-hydrogen) atoms. The van der Waals surface area contributed by atoms with E-state index in [0.717, 1.165) is 23.2 Å². The lowest BCUT2D eigenvalue weighted by atomic mass is 10.1. The van der Waals surface area contributed by atoms with Crippen molar-refractivity contribution in [3.63, 3.8) is 0 Å². The molecule has 1 aliphatic rings. The van der Waals surface area contributed by atoms with Crippen LogP contribution in [0.1, 0.15) is 29.3 Å². The number of tetrazole rings is 1. The molecule has 4 rings (SSSR count). The highest BCUT2D eigenvalue weighted by atomic mass is 19.1. The zero-order valence-corrected chi connectivity index (χ0v) is 14.5. The van der Waals surface area contributed by atoms with E-state index < -0.39 is 0 Å². The van der Waals surface area contributed by atoms with Crippen LogP contribution in [0, 0.1) is 25.6 Å². The third kappa shape index (κ3) is 3.08. The molecule has 0 spiro atoms. The van der Waals surface area contributed by atoms with Gasteiger partial charge in [-0.3, -0.25) is 4.79 Å². The second-order valence-corrected chi connectivity index (χ2v) is 6.63. The number of rotatable bonds is 4. The molecule has 1 aliphatic carbocycles. The van der Waals surface area contributed by atoms with Crippen LogP contribution in [0.25, 0.3) is 5.69 Å². The Morgan fingerprint density at radius 3 is 2.65 bits per heavy atom. The quantitative estimate of drug-likeness (QED) is 0.784. The summed E-state index contributed by atoms with van der Waals surface area (Å²) in [5, 5.41) is 14.5. The van der Waals surface area contributed by atoms with Crippen LogP contribution < -0.4 is 5.32 Å². The maximum atomic E-state index is 13.0. The van der Waals surface area contributed by atoms with Crippen molar-refractivity contribution < 1.29 is 9.18 Å². The molecule has 2 unspecified atom stereocenters. The number of aromatic nitrogens is 4. The van der Waals surface area contributed by atoms with Crippen LogP contribution >= 0.6 is 0 Å². The normalized spacial score (nSPS) is 18.6. The Labute approximate surface area is 150 Å². The number of amides is 1. The van der Waals surface area contributed by atoms with Gasteiger partial charge in [-0.2, -0.15) is 4.68 Å². The van der Waals surface area contributed by atoms with E-state index >= 15 is 0 Å². The minimum absolute atomic E-state index is 0.0254. The molecule has 6 nitrogen and oxygen atoms in total. The molecule has 0 aliphatic heterocycles. The first-order chi connectivity index (χ1) is 12.5. The Morgan fingerprint density at radius 1 is 1.19 bits per heavy atom. The smallest absolute Gasteiger partial charge is 0.228 e. The van der Waals surface area contributed by atoms with E-state index in [1.165, 1.54) is 12.1 Å². The van der Waals surface area contributed by atoms with Crippen molar-refractivity contribution in [2.75, 3.05) is 5.32 Å². The number of aryl methyl sites for hydroxylation is 2. The van der Waals surface area contributed by atoms with Crippen LogP contribution in [0.4, 0.5) is 10.1 Å². The summed E-state index contributed by atoms with van der Waals surface area (Å²) in [4.78, 5) is 12.5. The minimum atomic E-state index is -0.263. The molecule has 1 amide bonds. The molecule has 1 N–H and O–H groups in total. The van der Waals surface area contributed by atoms with Gasteiger partial charge in [-0.05, 0) is 72.0 Å². The van der Waals surface area contributed by atoms with Gasteiger partial charge in [0.1, 0.15) is 5.82 Å². The Hall–Kier alpha value is -3.09. The lowest BCUT2D eigenvalue weighted by molar-refractivity contribution is -0.117. The Morgan fingerprint density at radius 2 is 1.96 bits per heavy atom. The summed E-state index contributed by atoms with van der Waals surface area (Å²) in [7, 11) is 0. The number of carbonyl (C=O) groups is 1. The monoisotopic (exact) mass is 351 g/mol. The maximum absolute atomic E-state index is 13.0. The van der Waals surface area contributed by atoms with Crippen molar-refractivity contribution in [3.05, 3.63) is 65.2 Å². The third-order valence-electron chi connectivity index (χ3n) is 4.76. The van der Waals surface area contributed by atoms with Crippen LogP contribution in [0.5, 0.6) is 0 Å². The molecule has 1 heterocycles. The summed E-state index contributed by atoms with van der Waals surface area (Å²) in [6.45, 7) is 3.79. The molecule has 1 fully saturated rings. The van der Waals surface area contributed by atoms with E-state index in [1.54, 1.807) is 16.8 Å². The molecule has 132 valence electrons. The number of hydrogen-bond donors (Lipinski definition) is 1. The van der Waals surface area contributed by atoms with Crippen LogP contribution in [0.3, 0.4) is 0 Å². The van der Waals surface area contributed by atoms with Crippen LogP contribution in [-0.4, -0.2) is 26.1 Å². The van der Waals surface area contributed by atoms with Crippen LogP contribution in [-0.2, 0) is 4.79 Å². The molecular formula is C19H18FN5O. The summed E-state index contributed by atoms with van der Waals surface area (Å²) in [6.07, 6.45) is 0.780. The van der Waals surface area contributed by atoms with Crippen molar-refractivity contribution in [2.24, 2.45) is 5.92 Å². The number of anilines is 1.